The van der Waals surface area contributed by atoms with Gasteiger partial charge in [-0.3, -0.25) is 9.78 Å². The molecule has 0 unspecified atom stereocenters. The zero-order valence-electron chi connectivity index (χ0n) is 12.0. The second kappa shape index (κ2) is 5.66. The third kappa shape index (κ3) is 2.67. The van der Waals surface area contributed by atoms with E-state index in [1.54, 1.807) is 6.20 Å². The minimum Gasteiger partial charge on any atom is -0.376 e. The summed E-state index contributed by atoms with van der Waals surface area (Å²) in [7, 11) is 0. The first-order valence-electron chi connectivity index (χ1n) is 7.14. The summed E-state index contributed by atoms with van der Waals surface area (Å²) >= 11 is 0. The molecule has 0 spiro atoms. The minimum atomic E-state index is -0.428. The second-order valence-corrected chi connectivity index (χ2v) is 5.30. The molecule has 0 bridgehead atoms. The normalized spacial score (nSPS) is 16.0. The van der Waals surface area contributed by atoms with Crippen molar-refractivity contribution in [3.8, 4) is 0 Å². The van der Waals surface area contributed by atoms with E-state index in [1.165, 1.54) is 0 Å². The Morgan fingerprint density at radius 1 is 1.29 bits per heavy atom. The van der Waals surface area contributed by atoms with Gasteiger partial charge in [0.15, 0.2) is 0 Å². The molecule has 1 aliphatic heterocycles. The molecule has 0 saturated carbocycles. The van der Waals surface area contributed by atoms with Gasteiger partial charge in [0.05, 0.1) is 13.2 Å². The van der Waals surface area contributed by atoms with Crippen molar-refractivity contribution in [2.24, 2.45) is 0 Å². The number of hydrogen-bond donors (Lipinski definition) is 1. The molecule has 1 aliphatic rings. The van der Waals surface area contributed by atoms with Gasteiger partial charge >= 0.3 is 0 Å². The Bertz CT molecular complexity index is 636. The van der Waals surface area contributed by atoms with Gasteiger partial charge in [-0.2, -0.15) is 0 Å². The monoisotopic (exact) mass is 282 g/mol. The van der Waals surface area contributed by atoms with Crippen molar-refractivity contribution < 1.29 is 9.53 Å². The average molecular weight is 282 g/mol. The lowest BCUT2D eigenvalue weighted by Crippen LogP contribution is -2.59. The van der Waals surface area contributed by atoms with E-state index in [4.69, 9.17) is 4.74 Å². The first kappa shape index (κ1) is 13.8. The van der Waals surface area contributed by atoms with Crippen LogP contribution in [0.25, 0.3) is 0 Å². The summed E-state index contributed by atoms with van der Waals surface area (Å²) in [6, 6.07) is 13.7. The van der Waals surface area contributed by atoms with E-state index in [0.29, 0.717) is 18.9 Å². The summed E-state index contributed by atoms with van der Waals surface area (Å²) in [6.45, 7) is 3.05. The van der Waals surface area contributed by atoms with Gasteiger partial charge in [-0.1, -0.05) is 37.3 Å². The Morgan fingerprint density at radius 2 is 2.05 bits per heavy atom. The topological polar surface area (TPSA) is 51.2 Å². The molecule has 1 amide bonds. The van der Waals surface area contributed by atoms with E-state index < -0.39 is 5.54 Å². The van der Waals surface area contributed by atoms with Crippen LogP contribution >= 0.6 is 0 Å². The van der Waals surface area contributed by atoms with Gasteiger partial charge in [0.25, 0.3) is 5.91 Å². The van der Waals surface area contributed by atoms with E-state index in [0.717, 1.165) is 17.5 Å². The highest BCUT2D eigenvalue weighted by Crippen LogP contribution is 2.29. The standard InChI is InChI=1S/C17H18N2O2/c1-2-13-8-9-18-15(10-13)16(20)19-17(11-21-12-17)14-6-4-3-5-7-14/h3-10H,2,11-12H2,1H3,(H,19,20). The molecule has 1 aromatic carbocycles. The van der Waals surface area contributed by atoms with Crippen LogP contribution in [0.1, 0.15) is 28.5 Å². The van der Waals surface area contributed by atoms with E-state index in [1.807, 2.05) is 42.5 Å². The number of benzene rings is 1. The predicted octanol–water partition coefficient (Wildman–Crippen LogP) is 2.30. The van der Waals surface area contributed by atoms with Crippen molar-refractivity contribution in [3.05, 3.63) is 65.5 Å². The number of carbonyl (C=O) groups excluding carboxylic acids is 1. The molecule has 3 rings (SSSR count). The number of amides is 1. The van der Waals surface area contributed by atoms with Gasteiger partial charge in [-0.15, -0.1) is 0 Å². The third-order valence-electron chi connectivity index (χ3n) is 3.84. The fourth-order valence-corrected chi connectivity index (χ4v) is 2.47. The smallest absolute Gasteiger partial charge is 0.270 e. The van der Waals surface area contributed by atoms with Crippen LogP contribution in [-0.2, 0) is 16.7 Å². The fourth-order valence-electron chi connectivity index (χ4n) is 2.47. The number of carbonyl (C=O) groups is 1. The van der Waals surface area contributed by atoms with Crippen LogP contribution in [0.3, 0.4) is 0 Å². The Balaban J connectivity index is 1.82. The van der Waals surface area contributed by atoms with Crippen LogP contribution in [0.5, 0.6) is 0 Å². The van der Waals surface area contributed by atoms with E-state index >= 15 is 0 Å². The lowest BCUT2D eigenvalue weighted by molar-refractivity contribution is -0.0734. The number of rotatable bonds is 4. The van der Waals surface area contributed by atoms with Crippen molar-refractivity contribution in [2.75, 3.05) is 13.2 Å². The van der Waals surface area contributed by atoms with Crippen molar-refractivity contribution in [3.63, 3.8) is 0 Å². The zero-order chi connectivity index (χ0) is 14.7. The number of aromatic nitrogens is 1. The Labute approximate surface area is 124 Å². The Morgan fingerprint density at radius 3 is 2.67 bits per heavy atom. The highest BCUT2D eigenvalue weighted by molar-refractivity contribution is 5.93. The lowest BCUT2D eigenvalue weighted by atomic mass is 9.88. The molecular weight excluding hydrogens is 264 g/mol. The summed E-state index contributed by atoms with van der Waals surface area (Å²) < 4.78 is 5.34. The second-order valence-electron chi connectivity index (χ2n) is 5.30. The number of ether oxygens (including phenoxy) is 1. The van der Waals surface area contributed by atoms with E-state index in [9.17, 15) is 4.79 Å². The number of nitrogens with one attached hydrogen (secondary N) is 1. The van der Waals surface area contributed by atoms with Gasteiger partial charge in [0.2, 0.25) is 0 Å². The van der Waals surface area contributed by atoms with Crippen molar-refractivity contribution >= 4 is 5.91 Å². The summed E-state index contributed by atoms with van der Waals surface area (Å²) in [5, 5.41) is 3.09. The molecule has 4 nitrogen and oxygen atoms in total. The SMILES string of the molecule is CCc1ccnc(C(=O)NC2(c3ccccc3)COC2)c1. The first-order valence-corrected chi connectivity index (χ1v) is 7.14. The molecule has 0 atom stereocenters. The number of pyridine rings is 1. The molecular formula is C17H18N2O2. The molecule has 21 heavy (non-hydrogen) atoms. The fraction of sp³-hybridized carbons (Fsp3) is 0.294. The summed E-state index contributed by atoms with van der Waals surface area (Å²) in [5.74, 6) is -0.155. The molecule has 1 fully saturated rings. The van der Waals surface area contributed by atoms with Gasteiger partial charge in [-0.25, -0.2) is 0 Å². The summed E-state index contributed by atoms with van der Waals surface area (Å²) in [5.41, 5.74) is 2.20. The molecule has 0 radical (unpaired) electrons. The van der Waals surface area contributed by atoms with E-state index in [2.05, 4.69) is 17.2 Å². The maximum absolute atomic E-state index is 12.5. The first-order chi connectivity index (χ1) is 10.2. The predicted molar refractivity (Wildman–Crippen MR) is 80.0 cm³/mol. The highest BCUT2D eigenvalue weighted by Gasteiger charge is 2.42. The molecule has 1 saturated heterocycles. The van der Waals surface area contributed by atoms with Crippen LogP contribution in [-0.4, -0.2) is 24.1 Å². The minimum absolute atomic E-state index is 0.155. The number of hydrogen-bond acceptors (Lipinski definition) is 3. The van der Waals surface area contributed by atoms with Gasteiger partial charge in [0.1, 0.15) is 11.2 Å². The van der Waals surface area contributed by atoms with E-state index in [-0.39, 0.29) is 5.91 Å². The molecule has 2 aromatic rings. The maximum atomic E-state index is 12.5. The molecule has 0 aliphatic carbocycles. The Hall–Kier alpha value is -2.20. The molecule has 2 heterocycles. The van der Waals surface area contributed by atoms with Gasteiger partial charge in [0, 0.05) is 6.20 Å². The average Bonchev–Trinajstić information content (AvgIpc) is 2.51. The summed E-state index contributed by atoms with van der Waals surface area (Å²) in [4.78, 5) is 16.6. The molecule has 1 aromatic heterocycles. The van der Waals surface area contributed by atoms with Crippen LogP contribution in [0.4, 0.5) is 0 Å². The van der Waals surface area contributed by atoms with Crippen LogP contribution in [0.15, 0.2) is 48.7 Å². The number of aryl methyl sites for hydroxylation is 1. The number of nitrogens with zero attached hydrogens (tertiary/aromatic N) is 1. The molecule has 1 N–H and O–H groups in total. The molecule has 4 heteroatoms. The largest absolute Gasteiger partial charge is 0.376 e. The highest BCUT2D eigenvalue weighted by atomic mass is 16.5. The quantitative estimate of drug-likeness (QED) is 0.936. The van der Waals surface area contributed by atoms with Crippen LogP contribution < -0.4 is 5.32 Å². The summed E-state index contributed by atoms with van der Waals surface area (Å²) in [6.07, 6.45) is 2.57. The Kier molecular flexibility index (Phi) is 3.71. The van der Waals surface area contributed by atoms with Crippen molar-refractivity contribution in [1.29, 1.82) is 0 Å². The van der Waals surface area contributed by atoms with Crippen LogP contribution in [0.2, 0.25) is 0 Å². The third-order valence-corrected chi connectivity index (χ3v) is 3.84. The zero-order valence-corrected chi connectivity index (χ0v) is 12.0. The van der Waals surface area contributed by atoms with Crippen LogP contribution in [0, 0.1) is 0 Å². The van der Waals surface area contributed by atoms with Crippen molar-refractivity contribution in [1.82, 2.24) is 10.3 Å². The van der Waals surface area contributed by atoms with Gasteiger partial charge in [-0.05, 0) is 29.7 Å². The van der Waals surface area contributed by atoms with Crippen molar-refractivity contribution in [2.45, 2.75) is 18.9 Å². The van der Waals surface area contributed by atoms with Gasteiger partial charge < -0.3 is 10.1 Å². The lowest BCUT2D eigenvalue weighted by Gasteiger charge is -2.42. The molecule has 108 valence electrons. The maximum Gasteiger partial charge on any atom is 0.270 e.